The molecule has 6 nitrogen and oxygen atoms in total. The third kappa shape index (κ3) is 2.34. The standard InChI is InChI=1S/C10H12N4O2/c1-15-5-4-9-13-10(16-14-9)8-3-2-7(11)6-12-8/h2-3,6H,4-5,11H2,1H3. The molecule has 2 rings (SSSR count). The van der Waals surface area contributed by atoms with Crippen molar-refractivity contribution in [1.29, 1.82) is 0 Å². The minimum atomic E-state index is 0.395. The second-order valence-electron chi connectivity index (χ2n) is 3.24. The molecule has 2 heterocycles. The van der Waals surface area contributed by atoms with Gasteiger partial charge in [-0.25, -0.2) is 4.98 Å². The molecule has 6 heteroatoms. The number of aromatic nitrogens is 3. The third-order valence-corrected chi connectivity index (χ3v) is 2.00. The van der Waals surface area contributed by atoms with Crippen LogP contribution in [0.1, 0.15) is 5.82 Å². The van der Waals surface area contributed by atoms with Gasteiger partial charge in [-0.1, -0.05) is 5.16 Å². The van der Waals surface area contributed by atoms with Gasteiger partial charge < -0.3 is 15.0 Å². The molecular formula is C10H12N4O2. The molecule has 0 aliphatic rings. The summed E-state index contributed by atoms with van der Waals surface area (Å²) in [6.07, 6.45) is 2.17. The number of hydrogen-bond donors (Lipinski definition) is 1. The molecule has 0 spiro atoms. The highest BCUT2D eigenvalue weighted by Crippen LogP contribution is 2.15. The van der Waals surface area contributed by atoms with Crippen molar-refractivity contribution in [3.05, 3.63) is 24.2 Å². The number of pyridine rings is 1. The van der Waals surface area contributed by atoms with Crippen molar-refractivity contribution < 1.29 is 9.26 Å². The first-order valence-corrected chi connectivity index (χ1v) is 4.83. The molecule has 0 radical (unpaired) electrons. The first-order chi connectivity index (χ1) is 7.79. The molecule has 84 valence electrons. The number of nitrogen functional groups attached to an aromatic ring is 1. The summed E-state index contributed by atoms with van der Waals surface area (Å²) in [5.74, 6) is 1.00. The Morgan fingerprint density at radius 3 is 3.00 bits per heavy atom. The highest BCUT2D eigenvalue weighted by molar-refractivity contribution is 5.50. The molecule has 16 heavy (non-hydrogen) atoms. The highest BCUT2D eigenvalue weighted by Gasteiger charge is 2.09. The number of nitrogens with two attached hydrogens (primary N) is 1. The Morgan fingerprint density at radius 1 is 1.44 bits per heavy atom. The number of methoxy groups -OCH3 is 1. The molecule has 2 N–H and O–H groups in total. The highest BCUT2D eigenvalue weighted by atomic mass is 16.5. The van der Waals surface area contributed by atoms with Gasteiger partial charge in [0.15, 0.2) is 5.82 Å². The van der Waals surface area contributed by atoms with E-state index in [1.807, 2.05) is 0 Å². The van der Waals surface area contributed by atoms with Crippen LogP contribution in [0.2, 0.25) is 0 Å². The van der Waals surface area contributed by atoms with Crippen LogP contribution >= 0.6 is 0 Å². The van der Waals surface area contributed by atoms with Gasteiger partial charge in [0.25, 0.3) is 5.89 Å². The minimum absolute atomic E-state index is 0.395. The van der Waals surface area contributed by atoms with E-state index in [2.05, 4.69) is 15.1 Å². The van der Waals surface area contributed by atoms with Crippen LogP contribution in [0.5, 0.6) is 0 Å². The van der Waals surface area contributed by atoms with Gasteiger partial charge in [0.2, 0.25) is 0 Å². The molecule has 2 aromatic rings. The zero-order valence-electron chi connectivity index (χ0n) is 8.88. The number of ether oxygens (including phenoxy) is 1. The molecule has 0 unspecified atom stereocenters. The average Bonchev–Trinajstić information content (AvgIpc) is 2.76. The fraction of sp³-hybridized carbons (Fsp3) is 0.300. The van der Waals surface area contributed by atoms with Gasteiger partial charge in [0.1, 0.15) is 5.69 Å². The number of anilines is 1. The smallest absolute Gasteiger partial charge is 0.276 e. The number of nitrogens with zero attached hydrogens (tertiary/aromatic N) is 3. The van der Waals surface area contributed by atoms with Crippen LogP contribution in [0.4, 0.5) is 5.69 Å². The second kappa shape index (κ2) is 4.71. The first-order valence-electron chi connectivity index (χ1n) is 4.83. The topological polar surface area (TPSA) is 87.1 Å². The fourth-order valence-electron chi connectivity index (χ4n) is 1.18. The summed E-state index contributed by atoms with van der Waals surface area (Å²) in [6, 6.07) is 3.48. The lowest BCUT2D eigenvalue weighted by Crippen LogP contribution is -1.96. The van der Waals surface area contributed by atoms with Crippen molar-refractivity contribution in [3.63, 3.8) is 0 Å². The summed E-state index contributed by atoms with van der Waals surface area (Å²) in [4.78, 5) is 8.28. The van der Waals surface area contributed by atoms with E-state index >= 15 is 0 Å². The van der Waals surface area contributed by atoms with Crippen molar-refractivity contribution in [2.24, 2.45) is 0 Å². The van der Waals surface area contributed by atoms with Gasteiger partial charge in [-0.15, -0.1) is 0 Å². The van der Waals surface area contributed by atoms with E-state index in [1.165, 1.54) is 0 Å². The first kappa shape index (κ1) is 10.6. The largest absolute Gasteiger partial charge is 0.397 e. The minimum Gasteiger partial charge on any atom is -0.397 e. The lowest BCUT2D eigenvalue weighted by atomic mass is 10.3. The van der Waals surface area contributed by atoms with E-state index in [0.717, 1.165) is 0 Å². The summed E-state index contributed by atoms with van der Waals surface area (Å²) in [5, 5.41) is 3.82. The molecule has 0 saturated carbocycles. The Balaban J connectivity index is 2.15. The third-order valence-electron chi connectivity index (χ3n) is 2.00. The predicted molar refractivity (Wildman–Crippen MR) is 57.5 cm³/mol. The van der Waals surface area contributed by atoms with E-state index in [-0.39, 0.29) is 0 Å². The van der Waals surface area contributed by atoms with Crippen LogP contribution in [0.3, 0.4) is 0 Å². The maximum atomic E-state index is 5.53. The van der Waals surface area contributed by atoms with Crippen LogP contribution in [0.25, 0.3) is 11.6 Å². The molecule has 0 bridgehead atoms. The maximum Gasteiger partial charge on any atom is 0.276 e. The van der Waals surface area contributed by atoms with Gasteiger partial charge in [-0.2, -0.15) is 4.98 Å². The molecule has 0 aromatic carbocycles. The zero-order valence-corrected chi connectivity index (χ0v) is 8.88. The predicted octanol–water partition coefficient (Wildman–Crippen LogP) is 0.903. The van der Waals surface area contributed by atoms with Crippen LogP contribution < -0.4 is 5.73 Å². The van der Waals surface area contributed by atoms with Crippen molar-refractivity contribution in [1.82, 2.24) is 15.1 Å². The van der Waals surface area contributed by atoms with E-state index in [1.54, 1.807) is 25.4 Å². The van der Waals surface area contributed by atoms with Crippen LogP contribution in [-0.4, -0.2) is 28.8 Å². The molecular weight excluding hydrogens is 208 g/mol. The van der Waals surface area contributed by atoms with Crippen molar-refractivity contribution in [2.45, 2.75) is 6.42 Å². The second-order valence-corrected chi connectivity index (χ2v) is 3.24. The van der Waals surface area contributed by atoms with Gasteiger partial charge in [-0.05, 0) is 12.1 Å². The van der Waals surface area contributed by atoms with Crippen LogP contribution in [0.15, 0.2) is 22.9 Å². The summed E-state index contributed by atoms with van der Waals surface area (Å²) >= 11 is 0. The molecule has 0 aliphatic carbocycles. The van der Waals surface area contributed by atoms with E-state index < -0.39 is 0 Å². The SMILES string of the molecule is COCCc1noc(-c2ccc(N)cn2)n1. The van der Waals surface area contributed by atoms with Gasteiger partial charge >= 0.3 is 0 Å². The molecule has 0 atom stereocenters. The van der Waals surface area contributed by atoms with Gasteiger partial charge in [-0.3, -0.25) is 0 Å². The lowest BCUT2D eigenvalue weighted by Gasteiger charge is -1.93. The average molecular weight is 220 g/mol. The summed E-state index contributed by atoms with van der Waals surface area (Å²) in [7, 11) is 1.63. The fourth-order valence-corrected chi connectivity index (χ4v) is 1.18. The molecule has 0 fully saturated rings. The Kier molecular flexibility index (Phi) is 3.11. The Labute approximate surface area is 92.4 Å². The number of hydrogen-bond acceptors (Lipinski definition) is 6. The molecule has 0 saturated heterocycles. The van der Waals surface area contributed by atoms with E-state index in [0.29, 0.717) is 36.1 Å². The van der Waals surface area contributed by atoms with Gasteiger partial charge in [0, 0.05) is 13.5 Å². The summed E-state index contributed by atoms with van der Waals surface area (Å²) in [5.41, 5.74) is 6.75. The van der Waals surface area contributed by atoms with Crippen molar-refractivity contribution in [2.75, 3.05) is 19.5 Å². The Bertz CT molecular complexity index is 452. The number of rotatable bonds is 4. The van der Waals surface area contributed by atoms with Gasteiger partial charge in [0.05, 0.1) is 18.5 Å². The quantitative estimate of drug-likeness (QED) is 0.823. The van der Waals surface area contributed by atoms with Crippen LogP contribution in [0, 0.1) is 0 Å². The van der Waals surface area contributed by atoms with Crippen molar-refractivity contribution in [3.8, 4) is 11.6 Å². The Morgan fingerprint density at radius 2 is 2.31 bits per heavy atom. The molecule has 0 aliphatic heterocycles. The lowest BCUT2D eigenvalue weighted by molar-refractivity contribution is 0.199. The van der Waals surface area contributed by atoms with E-state index in [4.69, 9.17) is 15.0 Å². The van der Waals surface area contributed by atoms with E-state index in [9.17, 15) is 0 Å². The molecule has 2 aromatic heterocycles. The summed E-state index contributed by atoms with van der Waals surface area (Å²) < 4.78 is 9.99. The Hall–Kier alpha value is -1.95. The van der Waals surface area contributed by atoms with Crippen molar-refractivity contribution >= 4 is 5.69 Å². The molecule has 0 amide bonds. The monoisotopic (exact) mass is 220 g/mol. The normalized spacial score (nSPS) is 10.6. The zero-order chi connectivity index (χ0) is 11.4. The van der Waals surface area contributed by atoms with Crippen LogP contribution in [-0.2, 0) is 11.2 Å². The maximum absolute atomic E-state index is 5.53. The summed E-state index contributed by atoms with van der Waals surface area (Å²) in [6.45, 7) is 0.564.